The third kappa shape index (κ3) is 3.19. The number of nitrogens with zero attached hydrogens (tertiary/aromatic N) is 3. The van der Waals surface area contributed by atoms with Gasteiger partial charge in [-0.05, 0) is 19.1 Å². The van der Waals surface area contributed by atoms with Crippen LogP contribution in [0, 0.1) is 0 Å². The maximum absolute atomic E-state index is 11.0. The van der Waals surface area contributed by atoms with Gasteiger partial charge in [-0.15, -0.1) is 0 Å². The number of hydrogen-bond acceptors (Lipinski definition) is 5. The highest BCUT2D eigenvalue weighted by Crippen LogP contribution is 2.29. The fourth-order valence-corrected chi connectivity index (χ4v) is 2.90. The Morgan fingerprint density at radius 2 is 2.12 bits per heavy atom. The van der Waals surface area contributed by atoms with E-state index in [0.717, 1.165) is 36.6 Å². The quantitative estimate of drug-likeness (QED) is 0.931. The highest BCUT2D eigenvalue weighted by atomic mass is 16.4. The van der Waals surface area contributed by atoms with E-state index in [-0.39, 0.29) is 17.2 Å². The second-order valence-corrected chi connectivity index (χ2v) is 7.32. The van der Waals surface area contributed by atoms with Crippen LogP contribution in [0.1, 0.15) is 67.1 Å². The van der Waals surface area contributed by atoms with Crippen LogP contribution in [0.3, 0.4) is 0 Å². The number of carbonyl (C=O) groups is 1. The first kappa shape index (κ1) is 16.6. The van der Waals surface area contributed by atoms with Crippen molar-refractivity contribution in [2.45, 2.75) is 52.1 Å². The van der Waals surface area contributed by atoms with Crippen molar-refractivity contribution in [3.63, 3.8) is 0 Å². The molecule has 1 atom stereocenters. The van der Waals surface area contributed by atoms with Crippen molar-refractivity contribution in [2.24, 2.45) is 0 Å². The van der Waals surface area contributed by atoms with Crippen LogP contribution in [-0.2, 0) is 18.4 Å². The number of carboxylic acid groups (broad SMARTS) is 1. The predicted octanol–water partition coefficient (Wildman–Crippen LogP) is 3.18. The zero-order valence-electron chi connectivity index (χ0n) is 14.5. The molecule has 1 aliphatic heterocycles. The second-order valence-electron chi connectivity index (χ2n) is 7.32. The van der Waals surface area contributed by atoms with Crippen LogP contribution in [-0.4, -0.2) is 32.5 Å². The molecule has 0 spiro atoms. The van der Waals surface area contributed by atoms with Gasteiger partial charge in [0.25, 0.3) is 0 Å². The topological polar surface area (TPSA) is 79.5 Å². The van der Waals surface area contributed by atoms with E-state index in [1.165, 1.54) is 6.07 Å². The fraction of sp³-hybridized carbons (Fsp3) is 0.500. The van der Waals surface area contributed by atoms with Crippen LogP contribution in [0.2, 0.25) is 0 Å². The average molecular weight is 329 g/mol. The van der Waals surface area contributed by atoms with Gasteiger partial charge in [-0.3, -0.25) is 4.90 Å². The standard InChI is InChI=1S/C18H23N3O3/c1-11(14-5-6-15(24-14)16(22)23)21-8-7-13-12(10-21)9-19-17(20-13)18(2,3)4/h5-6,9,11H,7-8,10H2,1-4H3,(H,22,23). The fourth-order valence-electron chi connectivity index (χ4n) is 2.90. The van der Waals surface area contributed by atoms with Crippen molar-refractivity contribution in [3.8, 4) is 0 Å². The summed E-state index contributed by atoms with van der Waals surface area (Å²) in [7, 11) is 0. The molecule has 3 rings (SSSR count). The van der Waals surface area contributed by atoms with Gasteiger partial charge in [-0.1, -0.05) is 20.8 Å². The van der Waals surface area contributed by atoms with E-state index in [1.807, 2.05) is 13.1 Å². The molecule has 2 aromatic rings. The molecule has 0 radical (unpaired) electrons. The molecule has 24 heavy (non-hydrogen) atoms. The number of fused-ring (bicyclic) bond motifs is 1. The molecule has 1 aliphatic rings. The van der Waals surface area contributed by atoms with Gasteiger partial charge >= 0.3 is 5.97 Å². The molecule has 6 heteroatoms. The molecule has 2 aromatic heterocycles. The maximum atomic E-state index is 11.0. The number of aromatic carboxylic acids is 1. The highest BCUT2D eigenvalue weighted by Gasteiger charge is 2.27. The Kier molecular flexibility index (Phi) is 4.17. The molecule has 0 aromatic carbocycles. The van der Waals surface area contributed by atoms with Crippen LogP contribution in [0.15, 0.2) is 22.7 Å². The SMILES string of the molecule is CC(c1ccc(C(=O)O)o1)N1CCc2nc(C(C)(C)C)ncc2C1. The van der Waals surface area contributed by atoms with E-state index >= 15 is 0 Å². The molecule has 0 saturated heterocycles. The van der Waals surface area contributed by atoms with E-state index in [1.54, 1.807) is 6.07 Å². The molecule has 0 bridgehead atoms. The smallest absolute Gasteiger partial charge is 0.371 e. The van der Waals surface area contributed by atoms with Gasteiger partial charge in [0.15, 0.2) is 0 Å². The first-order valence-corrected chi connectivity index (χ1v) is 8.18. The van der Waals surface area contributed by atoms with Gasteiger partial charge in [0.05, 0.1) is 6.04 Å². The first-order valence-electron chi connectivity index (χ1n) is 8.18. The van der Waals surface area contributed by atoms with Crippen LogP contribution < -0.4 is 0 Å². The molecule has 0 fully saturated rings. The highest BCUT2D eigenvalue weighted by molar-refractivity contribution is 5.84. The Balaban J connectivity index is 1.78. The lowest BCUT2D eigenvalue weighted by molar-refractivity contribution is 0.0655. The number of hydrogen-bond donors (Lipinski definition) is 1. The largest absolute Gasteiger partial charge is 0.475 e. The molecule has 1 N–H and O–H groups in total. The summed E-state index contributed by atoms with van der Waals surface area (Å²) in [5.41, 5.74) is 2.19. The molecule has 128 valence electrons. The molecule has 0 saturated carbocycles. The monoisotopic (exact) mass is 329 g/mol. The van der Waals surface area contributed by atoms with Gasteiger partial charge in [0.2, 0.25) is 5.76 Å². The molecule has 3 heterocycles. The summed E-state index contributed by atoms with van der Waals surface area (Å²) in [4.78, 5) is 22.5. The van der Waals surface area contributed by atoms with E-state index in [4.69, 9.17) is 14.5 Å². The number of furan rings is 1. The lowest BCUT2D eigenvalue weighted by Gasteiger charge is -2.32. The molecule has 6 nitrogen and oxygen atoms in total. The summed E-state index contributed by atoms with van der Waals surface area (Å²) >= 11 is 0. The first-order chi connectivity index (χ1) is 11.3. The van der Waals surface area contributed by atoms with Gasteiger partial charge in [0.1, 0.15) is 11.6 Å². The molecular formula is C18H23N3O3. The Labute approximate surface area is 141 Å². The summed E-state index contributed by atoms with van der Waals surface area (Å²) in [6.07, 6.45) is 2.78. The minimum absolute atomic E-state index is 0.00791. The van der Waals surface area contributed by atoms with Crippen LogP contribution in [0.25, 0.3) is 0 Å². The number of rotatable bonds is 3. The van der Waals surface area contributed by atoms with Crippen molar-refractivity contribution >= 4 is 5.97 Å². The lowest BCUT2D eigenvalue weighted by atomic mass is 9.95. The van der Waals surface area contributed by atoms with Crippen LogP contribution in [0.4, 0.5) is 0 Å². The second kappa shape index (κ2) is 6.02. The van der Waals surface area contributed by atoms with E-state index in [0.29, 0.717) is 5.76 Å². The Morgan fingerprint density at radius 3 is 2.75 bits per heavy atom. The lowest BCUT2D eigenvalue weighted by Crippen LogP contribution is -2.34. The minimum Gasteiger partial charge on any atom is -0.475 e. The van der Waals surface area contributed by atoms with Crippen molar-refractivity contribution < 1.29 is 14.3 Å². The van der Waals surface area contributed by atoms with Gasteiger partial charge in [-0.25, -0.2) is 14.8 Å². The van der Waals surface area contributed by atoms with E-state index in [9.17, 15) is 4.79 Å². The van der Waals surface area contributed by atoms with Gasteiger partial charge in [-0.2, -0.15) is 0 Å². The Morgan fingerprint density at radius 1 is 1.38 bits per heavy atom. The van der Waals surface area contributed by atoms with Crippen molar-refractivity contribution in [1.29, 1.82) is 0 Å². The average Bonchev–Trinajstić information content (AvgIpc) is 3.02. The zero-order chi connectivity index (χ0) is 17.5. The van der Waals surface area contributed by atoms with Crippen LogP contribution in [0.5, 0.6) is 0 Å². The molecule has 1 unspecified atom stereocenters. The van der Waals surface area contributed by atoms with Gasteiger partial charge in [0, 0.05) is 42.4 Å². The third-order valence-corrected chi connectivity index (χ3v) is 4.43. The Bertz CT molecular complexity index is 761. The van der Waals surface area contributed by atoms with E-state index in [2.05, 4.69) is 30.7 Å². The normalized spacial score (nSPS) is 16.7. The summed E-state index contributed by atoms with van der Waals surface area (Å²) in [5, 5.41) is 8.99. The molecule has 0 amide bonds. The zero-order valence-corrected chi connectivity index (χ0v) is 14.5. The summed E-state index contributed by atoms with van der Waals surface area (Å²) in [5.74, 6) is 0.482. The number of aromatic nitrogens is 2. The predicted molar refractivity (Wildman–Crippen MR) is 88.9 cm³/mol. The summed E-state index contributed by atoms with van der Waals surface area (Å²) in [6.45, 7) is 9.97. The number of carboxylic acids is 1. The van der Waals surface area contributed by atoms with Gasteiger partial charge < -0.3 is 9.52 Å². The maximum Gasteiger partial charge on any atom is 0.371 e. The summed E-state index contributed by atoms with van der Waals surface area (Å²) in [6, 6.07) is 3.25. The minimum atomic E-state index is -1.04. The molecular weight excluding hydrogens is 306 g/mol. The summed E-state index contributed by atoms with van der Waals surface area (Å²) < 4.78 is 5.44. The van der Waals surface area contributed by atoms with Crippen molar-refractivity contribution in [1.82, 2.24) is 14.9 Å². The van der Waals surface area contributed by atoms with Crippen molar-refractivity contribution in [3.05, 3.63) is 46.9 Å². The Hall–Kier alpha value is -2.21. The molecule has 0 aliphatic carbocycles. The van der Waals surface area contributed by atoms with Crippen molar-refractivity contribution in [2.75, 3.05) is 6.54 Å². The van der Waals surface area contributed by atoms with Crippen LogP contribution >= 0.6 is 0 Å². The third-order valence-electron chi connectivity index (χ3n) is 4.43. The van der Waals surface area contributed by atoms with E-state index < -0.39 is 5.97 Å².